The van der Waals surface area contributed by atoms with E-state index in [9.17, 15) is 34.7 Å². The van der Waals surface area contributed by atoms with Gasteiger partial charge in [0.1, 0.15) is 34.1 Å². The molecule has 14 nitrogen and oxygen atoms in total. The zero-order valence-electron chi connectivity index (χ0n) is 20.2. The van der Waals surface area contributed by atoms with Gasteiger partial charge in [-0.3, -0.25) is 19.7 Å². The van der Waals surface area contributed by atoms with Crippen molar-refractivity contribution in [3.8, 4) is 17.2 Å². The topological polar surface area (TPSA) is 197 Å². The minimum atomic E-state index is -1.23. The number of aromatic nitrogens is 1. The third-order valence-electron chi connectivity index (χ3n) is 5.36. The van der Waals surface area contributed by atoms with Crippen molar-refractivity contribution in [2.45, 2.75) is 6.54 Å². The van der Waals surface area contributed by atoms with E-state index in [2.05, 4.69) is 15.8 Å². The van der Waals surface area contributed by atoms with Gasteiger partial charge in [-0.15, -0.1) is 0 Å². The van der Waals surface area contributed by atoms with Crippen LogP contribution in [0.2, 0.25) is 0 Å². The summed E-state index contributed by atoms with van der Waals surface area (Å²) in [6, 6.07) is 12.3. The molecular formula is C25H20N5O9+. The van der Waals surface area contributed by atoms with Crippen LogP contribution in [-0.2, 0) is 16.1 Å². The standard InChI is InChI=1S/C25H19N5O9/c1-38-15-6-8-17(18(12-15)30(36)37)26-24(34)22(28-27-20(32)13-29-9-3-2-4-10-29)21-23(33)16-7-5-14(31)11-19(16)39-25(21)35/h2-12H,13H2,1H3,(H3-,26,27,28,31,32,33,34,35)/p+1. The van der Waals surface area contributed by atoms with Crippen molar-refractivity contribution in [2.24, 2.45) is 5.10 Å². The van der Waals surface area contributed by atoms with Crippen LogP contribution in [-0.4, -0.2) is 39.8 Å². The first kappa shape index (κ1) is 26.3. The highest BCUT2D eigenvalue weighted by atomic mass is 16.6. The van der Waals surface area contributed by atoms with E-state index in [0.29, 0.717) is 0 Å². The van der Waals surface area contributed by atoms with Gasteiger partial charge in [0.05, 0.1) is 23.5 Å². The van der Waals surface area contributed by atoms with Gasteiger partial charge in [0, 0.05) is 18.2 Å². The van der Waals surface area contributed by atoms with Crippen molar-refractivity contribution in [2.75, 3.05) is 12.4 Å². The highest BCUT2D eigenvalue weighted by molar-refractivity contribution is 6.49. The average molecular weight is 534 g/mol. The molecule has 0 aliphatic rings. The molecule has 2 aromatic carbocycles. The maximum atomic E-state index is 13.3. The molecule has 14 heteroatoms. The molecule has 2 aromatic heterocycles. The Morgan fingerprint density at radius 3 is 2.56 bits per heavy atom. The third kappa shape index (κ3) is 5.80. The summed E-state index contributed by atoms with van der Waals surface area (Å²) in [6.07, 6.45) is 3.22. The lowest BCUT2D eigenvalue weighted by Crippen LogP contribution is -2.41. The molecule has 4 aromatic rings. The van der Waals surface area contributed by atoms with Crippen LogP contribution in [0.4, 0.5) is 11.4 Å². The summed E-state index contributed by atoms with van der Waals surface area (Å²) in [5, 5.41) is 38.1. The van der Waals surface area contributed by atoms with Crippen LogP contribution in [0.15, 0.2) is 81.3 Å². The Kier molecular flexibility index (Phi) is 7.47. The SMILES string of the molecule is COc1ccc(NC(=O)C(=NNC(=O)C[n+]2ccccc2)c2c(O)c3ccc(O)cc3oc2=O)c([N+](=O)[O-])c1. The first-order valence-corrected chi connectivity index (χ1v) is 11.1. The quantitative estimate of drug-likeness (QED) is 0.0852. The minimum Gasteiger partial charge on any atom is -0.508 e. The summed E-state index contributed by atoms with van der Waals surface area (Å²) >= 11 is 0. The fourth-order valence-corrected chi connectivity index (χ4v) is 3.54. The number of rotatable bonds is 8. The number of hydrazone groups is 1. The van der Waals surface area contributed by atoms with Crippen molar-refractivity contribution < 1.29 is 38.4 Å². The predicted molar refractivity (Wildman–Crippen MR) is 135 cm³/mol. The molecule has 0 saturated carbocycles. The average Bonchev–Trinajstić information content (AvgIpc) is 2.90. The van der Waals surface area contributed by atoms with Crippen LogP contribution in [0.5, 0.6) is 17.2 Å². The summed E-state index contributed by atoms with van der Waals surface area (Å²) in [4.78, 5) is 49.5. The number of amides is 2. The van der Waals surface area contributed by atoms with Gasteiger partial charge in [0.25, 0.3) is 11.6 Å². The number of nitro groups is 1. The van der Waals surface area contributed by atoms with Crippen LogP contribution in [0.3, 0.4) is 0 Å². The highest BCUT2D eigenvalue weighted by Gasteiger charge is 2.28. The van der Waals surface area contributed by atoms with Gasteiger partial charge in [0.15, 0.2) is 18.1 Å². The summed E-state index contributed by atoms with van der Waals surface area (Å²) in [5.74, 6) is -2.71. The minimum absolute atomic E-state index is 0.0514. The van der Waals surface area contributed by atoms with E-state index in [0.717, 1.165) is 12.1 Å². The van der Waals surface area contributed by atoms with Crippen LogP contribution in [0.25, 0.3) is 11.0 Å². The Morgan fingerprint density at radius 2 is 1.87 bits per heavy atom. The number of ether oxygens (including phenoxy) is 1. The molecule has 0 aliphatic heterocycles. The number of pyridine rings is 1. The molecule has 0 radical (unpaired) electrons. The van der Waals surface area contributed by atoms with Crippen LogP contribution >= 0.6 is 0 Å². The van der Waals surface area contributed by atoms with Crippen molar-refractivity contribution in [3.05, 3.63) is 93.1 Å². The molecule has 2 heterocycles. The molecule has 4 N–H and O–H groups in total. The highest BCUT2D eigenvalue weighted by Crippen LogP contribution is 2.31. The smallest absolute Gasteiger partial charge is 0.349 e. The fraction of sp³-hybridized carbons (Fsp3) is 0.0800. The second-order valence-electron chi connectivity index (χ2n) is 7.93. The van der Waals surface area contributed by atoms with Gasteiger partial charge in [-0.25, -0.2) is 10.2 Å². The number of carbonyl (C=O) groups excluding carboxylic acids is 2. The maximum Gasteiger partial charge on any atom is 0.349 e. The van der Waals surface area contributed by atoms with E-state index in [1.807, 2.05) is 0 Å². The predicted octanol–water partition coefficient (Wildman–Crippen LogP) is 1.57. The molecule has 0 saturated heterocycles. The van der Waals surface area contributed by atoms with Gasteiger partial charge in [-0.1, -0.05) is 6.07 Å². The number of carbonyl (C=O) groups is 2. The van der Waals surface area contributed by atoms with Crippen LogP contribution in [0.1, 0.15) is 5.56 Å². The first-order valence-electron chi connectivity index (χ1n) is 11.1. The lowest BCUT2D eigenvalue weighted by atomic mass is 10.1. The van der Waals surface area contributed by atoms with Crippen molar-refractivity contribution in [1.29, 1.82) is 0 Å². The summed E-state index contributed by atoms with van der Waals surface area (Å²) < 4.78 is 11.6. The number of hydrogen-bond acceptors (Lipinski definition) is 10. The molecule has 0 unspecified atom stereocenters. The van der Waals surface area contributed by atoms with Gasteiger partial charge in [-0.2, -0.15) is 9.67 Å². The van der Waals surface area contributed by atoms with Crippen LogP contribution in [0, 0.1) is 10.1 Å². The molecule has 2 amide bonds. The van der Waals surface area contributed by atoms with E-state index in [1.54, 1.807) is 30.6 Å². The number of nitro benzene ring substituents is 1. The summed E-state index contributed by atoms with van der Waals surface area (Å²) in [5.41, 5.74) is -1.60. The molecule has 0 spiro atoms. The Hall–Kier alpha value is -5.79. The van der Waals surface area contributed by atoms with Gasteiger partial charge in [0.2, 0.25) is 6.54 Å². The number of aromatic hydroxyl groups is 2. The van der Waals surface area contributed by atoms with Crippen LogP contribution < -0.4 is 25.7 Å². The molecule has 0 atom stereocenters. The number of nitrogens with one attached hydrogen (secondary N) is 2. The normalized spacial score (nSPS) is 11.2. The molecule has 0 bridgehead atoms. The lowest BCUT2D eigenvalue weighted by molar-refractivity contribution is -0.684. The largest absolute Gasteiger partial charge is 0.508 e. The molecule has 39 heavy (non-hydrogen) atoms. The lowest BCUT2D eigenvalue weighted by Gasteiger charge is -2.11. The Morgan fingerprint density at radius 1 is 1.13 bits per heavy atom. The Bertz CT molecular complexity index is 1680. The molecule has 0 aliphatic carbocycles. The Labute approximate surface area is 218 Å². The van der Waals surface area contributed by atoms with E-state index in [-0.39, 0.29) is 34.7 Å². The molecule has 4 rings (SSSR count). The number of nitrogens with zero attached hydrogens (tertiary/aromatic N) is 3. The number of methoxy groups -OCH3 is 1. The van der Waals surface area contributed by atoms with Gasteiger partial charge >= 0.3 is 11.5 Å². The second kappa shape index (κ2) is 11.1. The number of phenols is 1. The van der Waals surface area contributed by atoms with Gasteiger partial charge in [-0.05, 0) is 24.3 Å². The number of fused-ring (bicyclic) bond motifs is 1. The summed E-state index contributed by atoms with van der Waals surface area (Å²) in [7, 11) is 1.31. The maximum absolute atomic E-state index is 13.3. The van der Waals surface area contributed by atoms with E-state index >= 15 is 0 Å². The number of phenolic OH excluding ortho intramolecular Hbond substituents is 1. The van der Waals surface area contributed by atoms with Crippen molar-refractivity contribution in [3.63, 3.8) is 0 Å². The second-order valence-corrected chi connectivity index (χ2v) is 7.93. The van der Waals surface area contributed by atoms with E-state index in [4.69, 9.17) is 9.15 Å². The fourth-order valence-electron chi connectivity index (χ4n) is 3.54. The van der Waals surface area contributed by atoms with E-state index < -0.39 is 45.1 Å². The third-order valence-corrected chi connectivity index (χ3v) is 5.36. The molecule has 0 fully saturated rings. The zero-order valence-corrected chi connectivity index (χ0v) is 20.2. The molecule has 198 valence electrons. The zero-order chi connectivity index (χ0) is 28.1. The molecular weight excluding hydrogens is 514 g/mol. The number of hydrogen-bond donors (Lipinski definition) is 4. The number of benzene rings is 2. The monoisotopic (exact) mass is 534 g/mol. The first-order chi connectivity index (χ1) is 18.7. The van der Waals surface area contributed by atoms with Crippen molar-refractivity contribution >= 4 is 39.9 Å². The Balaban J connectivity index is 1.77. The van der Waals surface area contributed by atoms with Crippen molar-refractivity contribution in [1.82, 2.24) is 5.43 Å². The van der Waals surface area contributed by atoms with E-state index in [1.165, 1.54) is 35.9 Å². The van der Waals surface area contributed by atoms with Gasteiger partial charge < -0.3 is 24.7 Å². The summed E-state index contributed by atoms with van der Waals surface area (Å²) in [6.45, 7) is -0.208. The number of anilines is 1.